The second-order valence-electron chi connectivity index (χ2n) is 29.6. The predicted octanol–water partition coefficient (Wildman–Crippen LogP) is 26.4. The summed E-state index contributed by atoms with van der Waals surface area (Å²) in [7, 11) is -5.22. The van der Waals surface area contributed by atoms with Crippen LogP contribution in [-0.4, -0.2) is 29.8 Å². The van der Waals surface area contributed by atoms with Gasteiger partial charge < -0.3 is 29.8 Å². The Morgan fingerprint density at radius 1 is 0.333 bits per heavy atom. The molecule has 0 saturated carbocycles. The number of hydrogen-bond acceptors (Lipinski definition) is 7. The molecule has 0 radical (unpaired) electrons. The molecule has 2 rings (SSSR count). The van der Waals surface area contributed by atoms with E-state index in [1.807, 2.05) is 0 Å². The Labute approximate surface area is 543 Å². The van der Waals surface area contributed by atoms with E-state index in [4.69, 9.17) is 19.6 Å². The fourth-order valence-electron chi connectivity index (χ4n) is 14.9. The Kier molecular flexibility index (Phi) is 48.3. The van der Waals surface area contributed by atoms with E-state index >= 15 is 0 Å². The smallest absolute Gasteiger partial charge is 0.334 e. The summed E-state index contributed by atoms with van der Waals surface area (Å²) in [6.45, 7) is 30.7. The Balaban J connectivity index is 0.00000507. The highest BCUT2D eigenvalue weighted by molar-refractivity contribution is 7.53. The van der Waals surface area contributed by atoms with E-state index in [2.05, 4.69) is 119 Å². The second-order valence-corrected chi connectivity index (χ2v) is 31.3. The third kappa shape index (κ3) is 35.0. The number of aryl methyl sites for hydroxylation is 2. The second kappa shape index (κ2) is 50.2. The lowest BCUT2D eigenvalue weighted by Gasteiger charge is -2.57. The molecule has 510 valence electrons. The largest absolute Gasteiger partial charge is 0.508 e. The fourth-order valence-corrected chi connectivity index (χ4v) is 15.4. The average molecular weight is 1260 g/mol. The fraction of sp³-hybridized carbons (Fsp3) is 0.846. The Bertz CT molecular complexity index is 1830. The maximum atomic E-state index is 12.1. The summed E-state index contributed by atoms with van der Waals surface area (Å²) < 4.78 is 3.60. The van der Waals surface area contributed by atoms with Gasteiger partial charge in [0.2, 0.25) is 0 Å². The molecule has 1 atom stereocenters. The first-order valence-electron chi connectivity index (χ1n) is 37.3. The van der Waals surface area contributed by atoms with Gasteiger partial charge in [-0.2, -0.15) is 0 Å². The third-order valence-electron chi connectivity index (χ3n) is 20.0. The van der Waals surface area contributed by atoms with Crippen LogP contribution in [0.15, 0.2) is 24.3 Å². The van der Waals surface area contributed by atoms with Gasteiger partial charge in [-0.3, -0.25) is 0 Å². The van der Waals surface area contributed by atoms with Crippen molar-refractivity contribution >= 4 is 17.2 Å². The molecule has 2 aromatic rings. The van der Waals surface area contributed by atoms with Crippen LogP contribution in [0.4, 0.5) is 0 Å². The molecule has 6 N–H and O–H groups in total. The molecule has 9 heteroatoms. The maximum Gasteiger partial charge on any atom is 0.334 e. The highest BCUT2D eigenvalue weighted by atomic mass is 31.2. The molecule has 0 amide bonds. The number of aromatic hydroxyl groups is 2. The van der Waals surface area contributed by atoms with Crippen molar-refractivity contribution < 1.29 is 34.1 Å². The van der Waals surface area contributed by atoms with Crippen molar-refractivity contribution in [3.05, 3.63) is 57.6 Å². The van der Waals surface area contributed by atoms with Gasteiger partial charge in [0.25, 0.3) is 0 Å². The topological polar surface area (TPSA) is 131 Å². The number of rotatable bonds is 54. The van der Waals surface area contributed by atoms with Crippen LogP contribution in [0.3, 0.4) is 0 Å². The summed E-state index contributed by atoms with van der Waals surface area (Å²) in [5.41, 5.74) is 6.90. The van der Waals surface area contributed by atoms with E-state index in [0.717, 1.165) is 17.5 Å². The Morgan fingerprint density at radius 2 is 0.563 bits per heavy atom. The van der Waals surface area contributed by atoms with Gasteiger partial charge in [-0.1, -0.05) is 377 Å². The molecular weight excluding hydrogens is 1110 g/mol. The van der Waals surface area contributed by atoms with E-state index in [0.29, 0.717) is 17.4 Å². The highest BCUT2D eigenvalue weighted by Gasteiger charge is 2.56. The molecule has 0 heterocycles. The Hall–Kier alpha value is -1.30. The maximum absolute atomic E-state index is 12.1. The lowest BCUT2D eigenvalue weighted by atomic mass is 9.46. The summed E-state index contributed by atoms with van der Waals surface area (Å²) in [6.07, 6.45) is 65.0. The van der Waals surface area contributed by atoms with Crippen molar-refractivity contribution in [2.45, 2.75) is 414 Å². The zero-order valence-corrected chi connectivity index (χ0v) is 61.6. The van der Waals surface area contributed by atoms with Gasteiger partial charge in [0, 0.05) is 5.41 Å². The molecule has 0 spiro atoms. The van der Waals surface area contributed by atoms with Crippen molar-refractivity contribution in [3.8, 4) is 11.5 Å². The standard InChI is InChI=1S/C78H142O2.H4O5P2/c1-14-18-22-26-30-34-38-42-46-50-54-58-68(7)77(59-55-51-47-43-39-35-31-27-23-19-15-2,60-56-52-48-44-40-36-32-28-24-20-16-3)78(61-57-53-49-45-41-37-33-29-25-21-17-4,69-64-71(75(8,9)10)73(79)62-66(69)5)70-65-72(76(11,12)13)74(80)63-67(70)6;1-6(2)5-7(3)4/h62-65,68,79-80H,14-61H2,1-13H3;1-4H. The first-order valence-corrected chi connectivity index (χ1v) is 39.7. The zero-order chi connectivity index (χ0) is 64.8. The molecule has 0 bridgehead atoms. The SMILES string of the molecule is CCCCCCCCCCCCCC(C)C(CCCCCCCCCCCCC)(CCCCCCCCCCCCC)C(CCCCCCCCCCCCC)(c1cc(C(C)(C)C)c(O)cc1C)c1cc(C(C)(C)C)c(O)cc1C.OP(O)OP(O)O. The summed E-state index contributed by atoms with van der Waals surface area (Å²) in [5.74, 6) is 1.42. The van der Waals surface area contributed by atoms with Crippen LogP contribution in [0.5, 0.6) is 11.5 Å². The molecule has 1 unspecified atom stereocenters. The van der Waals surface area contributed by atoms with E-state index in [1.54, 1.807) is 0 Å². The van der Waals surface area contributed by atoms with Gasteiger partial charge >= 0.3 is 17.2 Å². The molecular formula is C78H146O7P2. The molecule has 0 fully saturated rings. The number of benzene rings is 2. The van der Waals surface area contributed by atoms with E-state index in [-0.39, 0.29) is 21.7 Å². The molecule has 0 aliphatic carbocycles. The molecule has 0 aromatic heterocycles. The van der Waals surface area contributed by atoms with E-state index in [1.165, 1.54) is 324 Å². The third-order valence-corrected chi connectivity index (χ3v) is 21.2. The summed E-state index contributed by atoms with van der Waals surface area (Å²) in [5, 5.41) is 24.2. The lowest BCUT2D eigenvalue weighted by molar-refractivity contribution is 0.0271. The van der Waals surface area contributed by atoms with E-state index in [9.17, 15) is 10.2 Å². The number of hydrogen-bond donors (Lipinski definition) is 6. The normalized spacial score (nSPS) is 12.9. The number of unbranched alkanes of at least 4 members (excludes halogenated alkanes) is 40. The van der Waals surface area contributed by atoms with Crippen LogP contribution in [0, 0.1) is 25.2 Å². The molecule has 0 aliphatic heterocycles. The number of phenols is 2. The minimum Gasteiger partial charge on any atom is -0.508 e. The summed E-state index contributed by atoms with van der Waals surface area (Å²) in [6, 6.07) is 9.51. The van der Waals surface area contributed by atoms with Crippen molar-refractivity contribution in [1.29, 1.82) is 0 Å². The molecule has 0 saturated heterocycles. The highest BCUT2D eigenvalue weighted by Crippen LogP contribution is 2.63. The monoisotopic (exact) mass is 1260 g/mol. The van der Waals surface area contributed by atoms with E-state index < -0.39 is 17.2 Å². The molecule has 87 heavy (non-hydrogen) atoms. The Morgan fingerprint density at radius 3 is 0.793 bits per heavy atom. The van der Waals surface area contributed by atoms with Crippen LogP contribution in [0.25, 0.3) is 0 Å². The van der Waals surface area contributed by atoms with Gasteiger partial charge in [-0.05, 0) is 101 Å². The summed E-state index contributed by atoms with van der Waals surface area (Å²) in [4.78, 5) is 31.3. The first kappa shape index (κ1) is 83.7. The van der Waals surface area contributed by atoms with Gasteiger partial charge in [0.05, 0.1) is 0 Å². The van der Waals surface area contributed by atoms with Crippen LogP contribution in [0.2, 0.25) is 0 Å². The zero-order valence-electron chi connectivity index (χ0n) is 59.8. The first-order chi connectivity index (χ1) is 41.6. The molecule has 0 aliphatic rings. The quantitative estimate of drug-likeness (QED) is 0.0287. The minimum atomic E-state index is -2.61. The molecule has 2 aromatic carbocycles. The molecule has 7 nitrogen and oxygen atoms in total. The van der Waals surface area contributed by atoms with Gasteiger partial charge in [-0.15, -0.1) is 0 Å². The average Bonchev–Trinajstić information content (AvgIpc) is 0.715. The van der Waals surface area contributed by atoms with Gasteiger partial charge in [0.15, 0.2) is 0 Å². The van der Waals surface area contributed by atoms with Crippen LogP contribution < -0.4 is 0 Å². The number of phenolic OH excluding ortho intramolecular Hbond substituents is 2. The van der Waals surface area contributed by atoms with Crippen molar-refractivity contribution in [1.82, 2.24) is 0 Å². The van der Waals surface area contributed by atoms with Crippen LogP contribution >= 0.6 is 17.2 Å². The van der Waals surface area contributed by atoms with Gasteiger partial charge in [0.1, 0.15) is 11.5 Å². The van der Waals surface area contributed by atoms with Crippen LogP contribution in [0.1, 0.15) is 418 Å². The van der Waals surface area contributed by atoms with Crippen molar-refractivity contribution in [3.63, 3.8) is 0 Å². The summed E-state index contributed by atoms with van der Waals surface area (Å²) >= 11 is 0. The predicted molar refractivity (Wildman–Crippen MR) is 384 cm³/mol. The van der Waals surface area contributed by atoms with Crippen molar-refractivity contribution in [2.24, 2.45) is 11.3 Å². The lowest BCUT2D eigenvalue weighted by Crippen LogP contribution is -2.52. The van der Waals surface area contributed by atoms with Gasteiger partial charge in [-0.25, -0.2) is 4.31 Å². The van der Waals surface area contributed by atoms with Crippen molar-refractivity contribution in [2.75, 3.05) is 0 Å². The van der Waals surface area contributed by atoms with Crippen LogP contribution in [-0.2, 0) is 20.6 Å². The minimum absolute atomic E-state index is 0.0176.